The highest BCUT2D eigenvalue weighted by molar-refractivity contribution is 5.39. The van der Waals surface area contributed by atoms with Gasteiger partial charge in [-0.2, -0.15) is 0 Å². The molecule has 1 saturated heterocycles. The highest BCUT2D eigenvalue weighted by atomic mass is 16.3. The maximum Gasteiger partial charge on any atom is 0.107 e. The molecule has 2 aliphatic rings. The zero-order valence-electron chi connectivity index (χ0n) is 8.73. The second-order valence-electron chi connectivity index (χ2n) is 4.48. The first-order chi connectivity index (χ1) is 6.86. The molecule has 1 atom stereocenters. The van der Waals surface area contributed by atoms with Crippen LogP contribution in [0.4, 0.5) is 0 Å². The van der Waals surface area contributed by atoms with Crippen molar-refractivity contribution in [3.8, 4) is 0 Å². The molecule has 0 spiro atoms. The van der Waals surface area contributed by atoms with Crippen molar-refractivity contribution in [3.05, 3.63) is 22.6 Å². The molecular weight excluding hydrogens is 174 g/mol. The molecule has 0 bridgehead atoms. The Labute approximate surface area is 84.7 Å². The third-order valence-electron chi connectivity index (χ3n) is 3.56. The van der Waals surface area contributed by atoms with E-state index in [2.05, 4.69) is 12.2 Å². The van der Waals surface area contributed by atoms with Gasteiger partial charge in [0.15, 0.2) is 0 Å². The number of nitrogens with one attached hydrogen (secondary N) is 1. The van der Waals surface area contributed by atoms with Crippen LogP contribution in [-0.2, 0) is 12.8 Å². The van der Waals surface area contributed by atoms with Crippen molar-refractivity contribution in [2.75, 3.05) is 6.54 Å². The molecule has 76 valence electrons. The van der Waals surface area contributed by atoms with Gasteiger partial charge in [0.25, 0.3) is 0 Å². The molecule has 1 unspecified atom stereocenters. The highest BCUT2D eigenvalue weighted by Crippen LogP contribution is 2.37. The molecule has 2 heteroatoms. The summed E-state index contributed by atoms with van der Waals surface area (Å²) in [6, 6.07) is 0.584. The zero-order valence-corrected chi connectivity index (χ0v) is 8.73. The Morgan fingerprint density at radius 3 is 3.00 bits per heavy atom. The molecular formula is C12H17NO. The summed E-state index contributed by atoms with van der Waals surface area (Å²) >= 11 is 0. The van der Waals surface area contributed by atoms with Crippen molar-refractivity contribution < 1.29 is 4.42 Å². The van der Waals surface area contributed by atoms with E-state index in [9.17, 15) is 0 Å². The fraction of sp³-hybridized carbons (Fsp3) is 0.667. The standard InChI is InChI=1S/C12H17NO/c1-8-12(10-5-3-7-13-10)9-4-2-6-11(9)14-8/h10,13H,2-7H2,1H3. The van der Waals surface area contributed by atoms with E-state index in [1.54, 1.807) is 0 Å². The second kappa shape index (κ2) is 3.13. The fourth-order valence-corrected chi connectivity index (χ4v) is 2.95. The maximum atomic E-state index is 5.83. The van der Waals surface area contributed by atoms with Gasteiger partial charge in [-0.1, -0.05) is 0 Å². The first-order valence-corrected chi connectivity index (χ1v) is 5.70. The SMILES string of the molecule is Cc1oc2c(c1C1CCCN1)CCC2. The van der Waals surface area contributed by atoms with E-state index in [1.807, 2.05) is 0 Å². The third kappa shape index (κ3) is 1.13. The summed E-state index contributed by atoms with van der Waals surface area (Å²) in [6.07, 6.45) is 6.27. The van der Waals surface area contributed by atoms with Gasteiger partial charge in [0.2, 0.25) is 0 Å². The summed E-state index contributed by atoms with van der Waals surface area (Å²) in [4.78, 5) is 0. The van der Waals surface area contributed by atoms with Gasteiger partial charge in [-0.15, -0.1) is 0 Å². The first kappa shape index (κ1) is 8.54. The molecule has 3 rings (SSSR count). The van der Waals surface area contributed by atoms with Crippen LogP contribution in [0.1, 0.15) is 48.0 Å². The molecule has 1 N–H and O–H groups in total. The van der Waals surface area contributed by atoms with Crippen LogP contribution in [0.25, 0.3) is 0 Å². The first-order valence-electron chi connectivity index (χ1n) is 5.70. The van der Waals surface area contributed by atoms with E-state index in [1.165, 1.54) is 49.1 Å². The number of aryl methyl sites for hydroxylation is 2. The molecule has 1 aromatic heterocycles. The number of hydrogen-bond donors (Lipinski definition) is 1. The summed E-state index contributed by atoms with van der Waals surface area (Å²) in [5, 5.41) is 3.57. The summed E-state index contributed by atoms with van der Waals surface area (Å²) in [7, 11) is 0. The van der Waals surface area contributed by atoms with Gasteiger partial charge in [0, 0.05) is 18.0 Å². The molecule has 0 amide bonds. The van der Waals surface area contributed by atoms with E-state index in [4.69, 9.17) is 4.42 Å². The summed E-state index contributed by atoms with van der Waals surface area (Å²) < 4.78 is 5.83. The topological polar surface area (TPSA) is 25.2 Å². The van der Waals surface area contributed by atoms with Crippen LogP contribution in [0.2, 0.25) is 0 Å². The summed E-state index contributed by atoms with van der Waals surface area (Å²) in [6.45, 7) is 3.29. The van der Waals surface area contributed by atoms with Gasteiger partial charge >= 0.3 is 0 Å². The second-order valence-corrected chi connectivity index (χ2v) is 4.48. The molecule has 1 aliphatic heterocycles. The number of hydrogen-bond acceptors (Lipinski definition) is 2. The van der Waals surface area contributed by atoms with E-state index >= 15 is 0 Å². The molecule has 0 saturated carbocycles. The van der Waals surface area contributed by atoms with Crippen LogP contribution in [0.5, 0.6) is 0 Å². The van der Waals surface area contributed by atoms with Gasteiger partial charge in [-0.05, 0) is 44.7 Å². The Morgan fingerprint density at radius 2 is 2.21 bits per heavy atom. The Morgan fingerprint density at radius 1 is 1.29 bits per heavy atom. The average molecular weight is 191 g/mol. The fourth-order valence-electron chi connectivity index (χ4n) is 2.95. The van der Waals surface area contributed by atoms with Crippen LogP contribution >= 0.6 is 0 Å². The van der Waals surface area contributed by atoms with Crippen molar-refractivity contribution in [3.63, 3.8) is 0 Å². The molecule has 2 heterocycles. The number of rotatable bonds is 1. The Balaban J connectivity index is 2.02. The van der Waals surface area contributed by atoms with Crippen molar-refractivity contribution in [1.82, 2.24) is 5.32 Å². The number of fused-ring (bicyclic) bond motifs is 1. The van der Waals surface area contributed by atoms with E-state index in [0.717, 1.165) is 12.2 Å². The Kier molecular flexibility index (Phi) is 1.91. The van der Waals surface area contributed by atoms with Crippen molar-refractivity contribution in [2.45, 2.75) is 45.1 Å². The molecule has 14 heavy (non-hydrogen) atoms. The lowest BCUT2D eigenvalue weighted by Gasteiger charge is -2.10. The lowest BCUT2D eigenvalue weighted by Crippen LogP contribution is -2.14. The lowest BCUT2D eigenvalue weighted by atomic mass is 10.00. The van der Waals surface area contributed by atoms with Crippen LogP contribution in [0.15, 0.2) is 4.42 Å². The molecule has 0 radical (unpaired) electrons. The maximum absolute atomic E-state index is 5.83. The predicted molar refractivity (Wildman–Crippen MR) is 55.4 cm³/mol. The van der Waals surface area contributed by atoms with Crippen molar-refractivity contribution >= 4 is 0 Å². The largest absolute Gasteiger partial charge is 0.466 e. The van der Waals surface area contributed by atoms with Gasteiger partial charge in [0.1, 0.15) is 11.5 Å². The van der Waals surface area contributed by atoms with Crippen molar-refractivity contribution in [2.24, 2.45) is 0 Å². The Bertz CT molecular complexity index is 347. The van der Waals surface area contributed by atoms with Crippen LogP contribution < -0.4 is 5.32 Å². The monoisotopic (exact) mass is 191 g/mol. The molecule has 1 aliphatic carbocycles. The quantitative estimate of drug-likeness (QED) is 0.737. The minimum atomic E-state index is 0.584. The van der Waals surface area contributed by atoms with Gasteiger partial charge in [-0.3, -0.25) is 0 Å². The molecule has 0 aromatic carbocycles. The van der Waals surface area contributed by atoms with Crippen LogP contribution in [-0.4, -0.2) is 6.54 Å². The molecule has 2 nitrogen and oxygen atoms in total. The minimum absolute atomic E-state index is 0.584. The van der Waals surface area contributed by atoms with Crippen molar-refractivity contribution in [1.29, 1.82) is 0 Å². The molecule has 1 fully saturated rings. The van der Waals surface area contributed by atoms with Crippen LogP contribution in [0, 0.1) is 6.92 Å². The zero-order chi connectivity index (χ0) is 9.54. The highest BCUT2D eigenvalue weighted by Gasteiger charge is 2.28. The van der Waals surface area contributed by atoms with Gasteiger partial charge in [0.05, 0.1) is 0 Å². The number of furan rings is 1. The van der Waals surface area contributed by atoms with Gasteiger partial charge < -0.3 is 9.73 Å². The normalized spacial score (nSPS) is 25.6. The lowest BCUT2D eigenvalue weighted by molar-refractivity contribution is 0.478. The van der Waals surface area contributed by atoms with Gasteiger partial charge in [-0.25, -0.2) is 0 Å². The van der Waals surface area contributed by atoms with E-state index in [0.29, 0.717) is 6.04 Å². The molecule has 1 aromatic rings. The minimum Gasteiger partial charge on any atom is -0.466 e. The average Bonchev–Trinajstić information content (AvgIpc) is 2.78. The smallest absolute Gasteiger partial charge is 0.107 e. The summed E-state index contributed by atoms with van der Waals surface area (Å²) in [5.74, 6) is 2.43. The van der Waals surface area contributed by atoms with E-state index in [-0.39, 0.29) is 0 Å². The summed E-state index contributed by atoms with van der Waals surface area (Å²) in [5.41, 5.74) is 3.02. The Hall–Kier alpha value is -0.760. The predicted octanol–water partition coefficient (Wildman–Crippen LogP) is 2.50. The van der Waals surface area contributed by atoms with E-state index < -0.39 is 0 Å². The third-order valence-corrected chi connectivity index (χ3v) is 3.56. The van der Waals surface area contributed by atoms with Crippen LogP contribution in [0.3, 0.4) is 0 Å².